The molecule has 0 aromatic heterocycles. The van der Waals surface area contributed by atoms with Crippen molar-refractivity contribution in [2.75, 3.05) is 19.7 Å². The van der Waals surface area contributed by atoms with Crippen LogP contribution in [-0.4, -0.2) is 42.5 Å². The minimum Gasteiger partial charge on any atom is -0.466 e. The summed E-state index contributed by atoms with van der Waals surface area (Å²) in [7, 11) is 0. The molecule has 0 aliphatic carbocycles. The Labute approximate surface area is 102 Å². The fourth-order valence-corrected chi connectivity index (χ4v) is 2.06. The first-order chi connectivity index (χ1) is 8.04. The molecule has 0 aromatic carbocycles. The largest absolute Gasteiger partial charge is 0.466 e. The summed E-state index contributed by atoms with van der Waals surface area (Å²) in [4.78, 5) is 25.2. The molecule has 0 bridgehead atoms. The van der Waals surface area contributed by atoms with Crippen LogP contribution in [0.3, 0.4) is 0 Å². The van der Waals surface area contributed by atoms with Crippen LogP contribution < -0.4 is 5.73 Å². The molecule has 0 aromatic rings. The molecule has 5 heteroatoms. The van der Waals surface area contributed by atoms with Crippen LogP contribution in [0, 0.1) is 5.92 Å². The number of rotatable bonds is 4. The number of ether oxygens (including phenoxy) is 1. The van der Waals surface area contributed by atoms with Crippen LogP contribution in [0.4, 0.5) is 0 Å². The van der Waals surface area contributed by atoms with Crippen molar-refractivity contribution < 1.29 is 14.3 Å². The highest BCUT2D eigenvalue weighted by Gasteiger charge is 2.29. The minimum absolute atomic E-state index is 0.0361. The molecule has 1 heterocycles. The maximum absolute atomic E-state index is 11.8. The summed E-state index contributed by atoms with van der Waals surface area (Å²) < 4.78 is 4.99. The van der Waals surface area contributed by atoms with E-state index >= 15 is 0 Å². The van der Waals surface area contributed by atoms with Gasteiger partial charge < -0.3 is 15.4 Å². The predicted molar refractivity (Wildman–Crippen MR) is 64.2 cm³/mol. The van der Waals surface area contributed by atoms with Crippen LogP contribution in [0.25, 0.3) is 0 Å². The third-order valence-electron chi connectivity index (χ3n) is 2.89. The van der Waals surface area contributed by atoms with E-state index in [1.54, 1.807) is 11.8 Å². The first-order valence-electron chi connectivity index (χ1n) is 6.24. The molecule has 1 aliphatic rings. The van der Waals surface area contributed by atoms with Crippen molar-refractivity contribution in [2.45, 2.75) is 39.2 Å². The number of hydrogen-bond acceptors (Lipinski definition) is 4. The van der Waals surface area contributed by atoms with E-state index in [0.29, 0.717) is 19.6 Å². The average molecular weight is 242 g/mol. The van der Waals surface area contributed by atoms with Gasteiger partial charge in [0.25, 0.3) is 0 Å². The van der Waals surface area contributed by atoms with E-state index in [1.165, 1.54) is 0 Å². The van der Waals surface area contributed by atoms with Crippen LogP contribution in [0.1, 0.15) is 33.1 Å². The average Bonchev–Trinajstić information content (AvgIpc) is 2.28. The van der Waals surface area contributed by atoms with Gasteiger partial charge in [0, 0.05) is 25.6 Å². The van der Waals surface area contributed by atoms with Crippen LogP contribution >= 0.6 is 0 Å². The van der Waals surface area contributed by atoms with Gasteiger partial charge in [0.05, 0.1) is 12.5 Å². The lowest BCUT2D eigenvalue weighted by Gasteiger charge is -2.32. The van der Waals surface area contributed by atoms with E-state index in [2.05, 4.69) is 0 Å². The van der Waals surface area contributed by atoms with Gasteiger partial charge in [-0.1, -0.05) is 0 Å². The number of piperidine rings is 1. The summed E-state index contributed by atoms with van der Waals surface area (Å²) in [6, 6.07) is -0.134. The van der Waals surface area contributed by atoms with Gasteiger partial charge in [0.15, 0.2) is 0 Å². The molecule has 98 valence electrons. The Morgan fingerprint density at radius 3 is 2.82 bits per heavy atom. The highest BCUT2D eigenvalue weighted by molar-refractivity contribution is 5.79. The molecule has 1 rings (SSSR count). The molecule has 2 atom stereocenters. The van der Waals surface area contributed by atoms with Crippen molar-refractivity contribution in [1.29, 1.82) is 0 Å². The molecule has 1 amide bonds. The lowest BCUT2D eigenvalue weighted by atomic mass is 9.97. The standard InChI is InChI=1S/C12H22N2O3/c1-3-17-12(16)10-5-4-6-14(8-10)11(15)7-9(2)13/h9-10H,3-8,13H2,1-2H3. The molecular formula is C12H22N2O3. The maximum atomic E-state index is 11.8. The number of likely N-dealkylation sites (tertiary alicyclic amines) is 1. The molecule has 1 aliphatic heterocycles. The number of carbonyl (C=O) groups is 2. The lowest BCUT2D eigenvalue weighted by Crippen LogP contribution is -2.44. The Balaban J connectivity index is 2.48. The second-order valence-corrected chi connectivity index (χ2v) is 4.61. The molecule has 2 unspecified atom stereocenters. The van der Waals surface area contributed by atoms with Crippen LogP contribution in [-0.2, 0) is 14.3 Å². The van der Waals surface area contributed by atoms with Gasteiger partial charge in [-0.05, 0) is 26.7 Å². The Hall–Kier alpha value is -1.10. The minimum atomic E-state index is -0.189. The second-order valence-electron chi connectivity index (χ2n) is 4.61. The van der Waals surface area contributed by atoms with Crippen molar-refractivity contribution in [3.63, 3.8) is 0 Å². The summed E-state index contributed by atoms with van der Waals surface area (Å²) in [6.07, 6.45) is 2.00. The highest BCUT2D eigenvalue weighted by Crippen LogP contribution is 2.18. The lowest BCUT2D eigenvalue weighted by molar-refractivity contribution is -0.151. The highest BCUT2D eigenvalue weighted by atomic mass is 16.5. The SMILES string of the molecule is CCOC(=O)C1CCCN(C(=O)CC(C)N)C1. The molecule has 5 nitrogen and oxygen atoms in total. The molecule has 1 saturated heterocycles. The third-order valence-corrected chi connectivity index (χ3v) is 2.89. The van der Waals surface area contributed by atoms with Crippen molar-refractivity contribution in [3.8, 4) is 0 Å². The summed E-state index contributed by atoms with van der Waals surface area (Å²) in [5.74, 6) is -0.319. The molecule has 17 heavy (non-hydrogen) atoms. The quantitative estimate of drug-likeness (QED) is 0.730. The molecule has 0 radical (unpaired) electrons. The van der Waals surface area contributed by atoms with E-state index in [0.717, 1.165) is 19.4 Å². The molecule has 2 N–H and O–H groups in total. The Kier molecular flexibility index (Phi) is 5.41. The van der Waals surface area contributed by atoms with Crippen molar-refractivity contribution in [3.05, 3.63) is 0 Å². The summed E-state index contributed by atoms with van der Waals surface area (Å²) in [5.41, 5.74) is 5.60. The van der Waals surface area contributed by atoms with Crippen LogP contribution in [0.2, 0.25) is 0 Å². The topological polar surface area (TPSA) is 72.6 Å². The van der Waals surface area contributed by atoms with E-state index in [1.807, 2.05) is 6.92 Å². The van der Waals surface area contributed by atoms with E-state index in [-0.39, 0.29) is 23.8 Å². The van der Waals surface area contributed by atoms with Gasteiger partial charge in [-0.2, -0.15) is 0 Å². The van der Waals surface area contributed by atoms with Gasteiger partial charge >= 0.3 is 5.97 Å². The van der Waals surface area contributed by atoms with Crippen molar-refractivity contribution in [1.82, 2.24) is 4.90 Å². The van der Waals surface area contributed by atoms with Gasteiger partial charge in [-0.3, -0.25) is 9.59 Å². The van der Waals surface area contributed by atoms with Gasteiger partial charge in [-0.25, -0.2) is 0 Å². The normalized spacial score (nSPS) is 22.1. The van der Waals surface area contributed by atoms with Gasteiger partial charge in [0.1, 0.15) is 0 Å². The van der Waals surface area contributed by atoms with Crippen LogP contribution in [0.15, 0.2) is 0 Å². The first kappa shape index (κ1) is 14.0. The maximum Gasteiger partial charge on any atom is 0.310 e. The van der Waals surface area contributed by atoms with E-state index < -0.39 is 0 Å². The number of nitrogens with zero attached hydrogens (tertiary/aromatic N) is 1. The van der Waals surface area contributed by atoms with Crippen molar-refractivity contribution >= 4 is 11.9 Å². The summed E-state index contributed by atoms with van der Waals surface area (Å²) in [6.45, 7) is 5.19. The number of hydrogen-bond donors (Lipinski definition) is 1. The Morgan fingerprint density at radius 2 is 2.24 bits per heavy atom. The van der Waals surface area contributed by atoms with Crippen LogP contribution in [0.5, 0.6) is 0 Å². The fourth-order valence-electron chi connectivity index (χ4n) is 2.06. The zero-order chi connectivity index (χ0) is 12.8. The smallest absolute Gasteiger partial charge is 0.310 e. The van der Waals surface area contributed by atoms with Gasteiger partial charge in [-0.15, -0.1) is 0 Å². The predicted octanol–water partition coefficient (Wildman–Crippen LogP) is 0.525. The van der Waals surface area contributed by atoms with Crippen molar-refractivity contribution in [2.24, 2.45) is 11.7 Å². The number of carbonyl (C=O) groups excluding carboxylic acids is 2. The summed E-state index contributed by atoms with van der Waals surface area (Å²) >= 11 is 0. The second kappa shape index (κ2) is 6.59. The Bertz CT molecular complexity index is 279. The summed E-state index contributed by atoms with van der Waals surface area (Å²) in [5, 5.41) is 0. The Morgan fingerprint density at radius 1 is 1.53 bits per heavy atom. The molecular weight excluding hydrogens is 220 g/mol. The molecule has 0 spiro atoms. The number of amides is 1. The van der Waals surface area contributed by atoms with E-state index in [4.69, 9.17) is 10.5 Å². The zero-order valence-corrected chi connectivity index (χ0v) is 10.6. The monoisotopic (exact) mass is 242 g/mol. The number of esters is 1. The molecule has 1 fully saturated rings. The van der Waals surface area contributed by atoms with Gasteiger partial charge in [0.2, 0.25) is 5.91 Å². The first-order valence-corrected chi connectivity index (χ1v) is 6.24. The zero-order valence-electron chi connectivity index (χ0n) is 10.6. The number of nitrogens with two attached hydrogens (primary N) is 1. The fraction of sp³-hybridized carbons (Fsp3) is 0.833. The third kappa shape index (κ3) is 4.34. The molecule has 0 saturated carbocycles. The van der Waals surface area contributed by atoms with E-state index in [9.17, 15) is 9.59 Å².